The first-order valence-electron chi connectivity index (χ1n) is 5.86. The minimum Gasteiger partial charge on any atom is -0.391 e. The molecule has 2 rings (SSSR count). The van der Waals surface area contributed by atoms with Crippen LogP contribution in [0.15, 0.2) is 34.5 Å². The van der Waals surface area contributed by atoms with Gasteiger partial charge in [-0.1, -0.05) is 23.7 Å². The molecule has 20 heavy (non-hydrogen) atoms. The van der Waals surface area contributed by atoms with E-state index in [1.165, 1.54) is 0 Å². The van der Waals surface area contributed by atoms with Gasteiger partial charge >= 0.3 is 0 Å². The first-order chi connectivity index (χ1) is 9.42. The van der Waals surface area contributed by atoms with Crippen LogP contribution < -0.4 is 4.72 Å². The molecule has 4 nitrogen and oxygen atoms in total. The summed E-state index contributed by atoms with van der Waals surface area (Å²) in [6.45, 7) is 1.80. The molecule has 1 heterocycles. The van der Waals surface area contributed by atoms with Crippen LogP contribution in [-0.2, 0) is 23.2 Å². The van der Waals surface area contributed by atoms with Crippen molar-refractivity contribution in [2.45, 2.75) is 24.3 Å². The lowest BCUT2D eigenvalue weighted by Crippen LogP contribution is -2.22. The van der Waals surface area contributed by atoms with Crippen molar-refractivity contribution in [3.05, 3.63) is 51.4 Å². The first-order valence-corrected chi connectivity index (χ1v) is 8.54. The average molecular weight is 332 g/mol. The van der Waals surface area contributed by atoms with E-state index < -0.39 is 10.0 Å². The fourth-order valence-corrected chi connectivity index (χ4v) is 4.40. The predicted molar refractivity (Wildman–Crippen MR) is 80.5 cm³/mol. The van der Waals surface area contributed by atoms with Gasteiger partial charge in [0.15, 0.2) is 0 Å². The summed E-state index contributed by atoms with van der Waals surface area (Å²) in [5.74, 6) is 0. The van der Waals surface area contributed by atoms with E-state index in [2.05, 4.69) is 4.72 Å². The summed E-state index contributed by atoms with van der Waals surface area (Å²) in [5, 5.41) is 9.68. The molecule has 2 N–H and O–H groups in total. The molecule has 0 spiro atoms. The van der Waals surface area contributed by atoms with E-state index in [9.17, 15) is 8.42 Å². The molecule has 1 aromatic heterocycles. The Balaban J connectivity index is 2.15. The van der Waals surface area contributed by atoms with Gasteiger partial charge in [-0.05, 0) is 36.2 Å². The largest absolute Gasteiger partial charge is 0.391 e. The average Bonchev–Trinajstić information content (AvgIpc) is 2.79. The lowest BCUT2D eigenvalue weighted by atomic mass is 10.2. The Bertz CT molecular complexity index is 710. The molecule has 7 heteroatoms. The quantitative estimate of drug-likeness (QED) is 0.885. The first kappa shape index (κ1) is 15.5. The monoisotopic (exact) mass is 331 g/mol. The van der Waals surface area contributed by atoms with Gasteiger partial charge in [-0.15, -0.1) is 11.3 Å². The van der Waals surface area contributed by atoms with Gasteiger partial charge in [-0.2, -0.15) is 0 Å². The van der Waals surface area contributed by atoms with Gasteiger partial charge in [0.25, 0.3) is 0 Å². The molecule has 0 atom stereocenters. The molecule has 108 valence electrons. The zero-order chi connectivity index (χ0) is 14.8. The number of hydrogen-bond donors (Lipinski definition) is 2. The number of thiophene rings is 1. The molecule has 0 saturated carbocycles. The topological polar surface area (TPSA) is 66.4 Å². The van der Waals surface area contributed by atoms with Crippen molar-refractivity contribution < 1.29 is 13.5 Å². The van der Waals surface area contributed by atoms with Gasteiger partial charge in [0.05, 0.1) is 6.61 Å². The second-order valence-electron chi connectivity index (χ2n) is 4.28. The number of sulfonamides is 1. The van der Waals surface area contributed by atoms with Crippen LogP contribution >= 0.6 is 22.9 Å². The van der Waals surface area contributed by atoms with E-state index >= 15 is 0 Å². The third-order valence-corrected chi connectivity index (χ3v) is 6.09. The molecule has 0 aliphatic carbocycles. The minimum absolute atomic E-state index is 0.152. The van der Waals surface area contributed by atoms with Crippen LogP contribution in [0.2, 0.25) is 5.02 Å². The standard InChI is InChI=1S/C13H14ClNO3S2/c1-9-5-13(19-12(9)8-16)20(17,18)15-7-10-3-2-4-11(14)6-10/h2-6,15-16H,7-8H2,1H3. The van der Waals surface area contributed by atoms with Crippen molar-refractivity contribution in [3.8, 4) is 0 Å². The molecular formula is C13H14ClNO3S2. The molecule has 0 bridgehead atoms. The smallest absolute Gasteiger partial charge is 0.250 e. The summed E-state index contributed by atoms with van der Waals surface area (Å²) in [5.41, 5.74) is 1.57. The Morgan fingerprint density at radius 1 is 1.35 bits per heavy atom. The molecule has 0 amide bonds. The van der Waals surface area contributed by atoms with Gasteiger partial charge < -0.3 is 5.11 Å². The fourth-order valence-electron chi connectivity index (χ4n) is 1.67. The minimum atomic E-state index is -3.57. The number of aryl methyl sites for hydroxylation is 1. The normalized spacial score (nSPS) is 11.8. The van der Waals surface area contributed by atoms with Crippen molar-refractivity contribution in [2.75, 3.05) is 0 Å². The Hall–Kier alpha value is -0.920. The second kappa shape index (κ2) is 6.24. The molecule has 2 aromatic rings. The van der Waals surface area contributed by atoms with Crippen LogP contribution in [0, 0.1) is 6.92 Å². The number of hydrogen-bond acceptors (Lipinski definition) is 4. The van der Waals surface area contributed by atoms with E-state index in [1.807, 2.05) is 0 Å². The van der Waals surface area contributed by atoms with Crippen LogP contribution in [0.3, 0.4) is 0 Å². The highest BCUT2D eigenvalue weighted by Gasteiger charge is 2.18. The summed E-state index contributed by atoms with van der Waals surface area (Å²) in [6, 6.07) is 8.58. The molecule has 0 radical (unpaired) electrons. The van der Waals surface area contributed by atoms with Gasteiger partial charge in [0.2, 0.25) is 10.0 Å². The molecule has 0 unspecified atom stereocenters. The maximum Gasteiger partial charge on any atom is 0.250 e. The van der Waals surface area contributed by atoms with Crippen molar-refractivity contribution in [3.63, 3.8) is 0 Å². The number of aliphatic hydroxyl groups is 1. The van der Waals surface area contributed by atoms with E-state index in [4.69, 9.17) is 16.7 Å². The highest BCUT2D eigenvalue weighted by atomic mass is 35.5. The Morgan fingerprint density at radius 3 is 2.70 bits per heavy atom. The number of benzene rings is 1. The fraction of sp³-hybridized carbons (Fsp3) is 0.231. The van der Waals surface area contributed by atoms with E-state index in [-0.39, 0.29) is 17.4 Å². The highest BCUT2D eigenvalue weighted by molar-refractivity contribution is 7.91. The second-order valence-corrected chi connectivity index (χ2v) is 7.85. The van der Waals surface area contributed by atoms with Gasteiger partial charge in [0, 0.05) is 16.4 Å². The Morgan fingerprint density at radius 2 is 2.10 bits per heavy atom. The summed E-state index contributed by atoms with van der Waals surface area (Å²) >= 11 is 6.93. The van der Waals surface area contributed by atoms with Crippen LogP contribution in [0.1, 0.15) is 16.0 Å². The number of halogens is 1. The van der Waals surface area contributed by atoms with Gasteiger partial charge in [0.1, 0.15) is 4.21 Å². The molecule has 1 aromatic carbocycles. The summed E-state index contributed by atoms with van der Waals surface area (Å²) in [7, 11) is -3.57. The van der Waals surface area contributed by atoms with Gasteiger partial charge in [-0.25, -0.2) is 13.1 Å². The van der Waals surface area contributed by atoms with E-state index in [1.54, 1.807) is 37.3 Å². The zero-order valence-corrected chi connectivity index (χ0v) is 13.1. The SMILES string of the molecule is Cc1cc(S(=O)(=O)NCc2cccc(Cl)c2)sc1CO. The molecule has 0 fully saturated rings. The third-order valence-electron chi connectivity index (χ3n) is 2.76. The van der Waals surface area contributed by atoms with E-state index in [0.717, 1.165) is 22.5 Å². The summed E-state index contributed by atoms with van der Waals surface area (Å²) in [6.07, 6.45) is 0. The lowest BCUT2D eigenvalue weighted by molar-refractivity contribution is 0.285. The summed E-state index contributed by atoms with van der Waals surface area (Å²) in [4.78, 5) is 0.660. The molecular weight excluding hydrogens is 318 g/mol. The Kier molecular flexibility index (Phi) is 4.82. The molecule has 0 saturated heterocycles. The van der Waals surface area contributed by atoms with Crippen molar-refractivity contribution >= 4 is 33.0 Å². The van der Waals surface area contributed by atoms with Crippen molar-refractivity contribution in [1.29, 1.82) is 0 Å². The van der Waals surface area contributed by atoms with Gasteiger partial charge in [-0.3, -0.25) is 0 Å². The van der Waals surface area contributed by atoms with Crippen LogP contribution in [0.25, 0.3) is 0 Å². The third kappa shape index (κ3) is 3.59. The number of nitrogens with one attached hydrogen (secondary N) is 1. The van der Waals surface area contributed by atoms with Crippen molar-refractivity contribution in [2.24, 2.45) is 0 Å². The zero-order valence-electron chi connectivity index (χ0n) is 10.8. The Labute approximate surface area is 127 Å². The maximum absolute atomic E-state index is 12.2. The highest BCUT2D eigenvalue weighted by Crippen LogP contribution is 2.26. The number of rotatable bonds is 5. The van der Waals surface area contributed by atoms with Crippen LogP contribution in [-0.4, -0.2) is 13.5 Å². The van der Waals surface area contributed by atoms with Crippen LogP contribution in [0.4, 0.5) is 0 Å². The molecule has 0 aliphatic heterocycles. The predicted octanol–water partition coefficient (Wildman–Crippen LogP) is 2.68. The summed E-state index contributed by atoms with van der Waals surface area (Å²) < 4.78 is 27.0. The van der Waals surface area contributed by atoms with Crippen molar-refractivity contribution in [1.82, 2.24) is 4.72 Å². The number of aliphatic hydroxyl groups excluding tert-OH is 1. The van der Waals surface area contributed by atoms with Crippen LogP contribution in [0.5, 0.6) is 0 Å². The van der Waals surface area contributed by atoms with E-state index in [0.29, 0.717) is 9.90 Å². The lowest BCUT2D eigenvalue weighted by Gasteiger charge is -2.05. The molecule has 0 aliphatic rings. The maximum atomic E-state index is 12.2.